The van der Waals surface area contributed by atoms with Crippen molar-refractivity contribution >= 4 is 78.7 Å². The quantitative estimate of drug-likeness (QED) is 0.445. The lowest BCUT2D eigenvalue weighted by Gasteiger charge is -2.27. The number of anilines is 1. The summed E-state index contributed by atoms with van der Waals surface area (Å²) in [6.45, 7) is 4.74. The summed E-state index contributed by atoms with van der Waals surface area (Å²) in [5.41, 5.74) is 1.10. The highest BCUT2D eigenvalue weighted by molar-refractivity contribution is 7.22. The first-order valence-corrected chi connectivity index (χ1v) is 11.9. The lowest BCUT2D eigenvalue weighted by Crippen LogP contribution is -2.39. The maximum atomic E-state index is 13.3. The van der Waals surface area contributed by atoms with Crippen molar-refractivity contribution < 1.29 is 9.53 Å². The van der Waals surface area contributed by atoms with E-state index in [0.29, 0.717) is 36.5 Å². The van der Waals surface area contributed by atoms with Gasteiger partial charge in [0.25, 0.3) is 5.91 Å². The third-order valence-electron chi connectivity index (χ3n) is 4.68. The van der Waals surface area contributed by atoms with Gasteiger partial charge in [-0.25, -0.2) is 4.98 Å². The Morgan fingerprint density at radius 2 is 2.00 bits per heavy atom. The summed E-state index contributed by atoms with van der Waals surface area (Å²) >= 11 is 21.2. The van der Waals surface area contributed by atoms with Gasteiger partial charge in [0, 0.05) is 26.2 Å². The number of thiophene rings is 1. The van der Waals surface area contributed by atoms with E-state index in [1.807, 2.05) is 12.1 Å². The average molecular weight is 491 g/mol. The van der Waals surface area contributed by atoms with Crippen LogP contribution in [0.25, 0.3) is 10.2 Å². The summed E-state index contributed by atoms with van der Waals surface area (Å²) in [7, 11) is 0. The second-order valence-corrected chi connectivity index (χ2v) is 10.3. The number of rotatable bonds is 6. The minimum absolute atomic E-state index is 0.199. The topological polar surface area (TPSA) is 45.7 Å². The molecule has 4 rings (SSSR count). The van der Waals surface area contributed by atoms with Crippen LogP contribution in [0.4, 0.5) is 5.13 Å². The summed E-state index contributed by atoms with van der Waals surface area (Å²) in [6.07, 6.45) is 0.810. The van der Waals surface area contributed by atoms with E-state index >= 15 is 0 Å². The molecule has 3 aromatic rings. The van der Waals surface area contributed by atoms with Crippen LogP contribution >= 0.6 is 57.5 Å². The molecule has 1 fully saturated rings. The maximum absolute atomic E-state index is 13.3. The molecule has 29 heavy (non-hydrogen) atoms. The zero-order valence-electron chi connectivity index (χ0n) is 15.4. The molecule has 0 spiro atoms. The smallest absolute Gasteiger partial charge is 0.262 e. The number of carbonyl (C=O) groups excluding carboxylic acids is 1. The van der Waals surface area contributed by atoms with Gasteiger partial charge in [-0.3, -0.25) is 14.6 Å². The summed E-state index contributed by atoms with van der Waals surface area (Å²) in [5.74, 6) is -0.199. The molecule has 5 nitrogen and oxygen atoms in total. The molecule has 0 saturated carbocycles. The van der Waals surface area contributed by atoms with Crippen molar-refractivity contribution in [3.05, 3.63) is 43.5 Å². The monoisotopic (exact) mass is 489 g/mol. The Labute approximate surface area is 191 Å². The standard InChI is InChI=1S/C19H18Cl3N3O2S2/c20-13-3-1-4-14-16(13)23-19(28-14)25(6-2-5-24-7-9-27-10-8-24)18(26)12-11-15(21)29-17(12)22/h1,3-4,11H,2,5-10H2. The minimum atomic E-state index is -0.199. The van der Waals surface area contributed by atoms with Gasteiger partial charge in [0.1, 0.15) is 9.85 Å². The molecular formula is C19H18Cl3N3O2S2. The SMILES string of the molecule is O=C(c1cc(Cl)sc1Cl)N(CCCN1CCOCC1)c1nc2c(Cl)cccc2s1. The van der Waals surface area contributed by atoms with E-state index < -0.39 is 0 Å². The van der Waals surface area contributed by atoms with Crippen LogP contribution in [0, 0.1) is 0 Å². The van der Waals surface area contributed by atoms with Crippen LogP contribution in [0.5, 0.6) is 0 Å². The van der Waals surface area contributed by atoms with Crippen LogP contribution in [0.1, 0.15) is 16.8 Å². The number of ether oxygens (including phenoxy) is 1. The Balaban J connectivity index is 1.59. The highest BCUT2D eigenvalue weighted by Crippen LogP contribution is 2.36. The van der Waals surface area contributed by atoms with Gasteiger partial charge < -0.3 is 4.74 Å². The number of fused-ring (bicyclic) bond motifs is 1. The maximum Gasteiger partial charge on any atom is 0.262 e. The van der Waals surface area contributed by atoms with E-state index in [2.05, 4.69) is 9.88 Å². The number of para-hydroxylation sites is 1. The fourth-order valence-electron chi connectivity index (χ4n) is 3.21. The van der Waals surface area contributed by atoms with E-state index in [4.69, 9.17) is 39.5 Å². The fraction of sp³-hybridized carbons (Fsp3) is 0.368. The second kappa shape index (κ2) is 9.47. The molecular weight excluding hydrogens is 473 g/mol. The molecule has 0 radical (unpaired) electrons. The Hall–Kier alpha value is -0.930. The van der Waals surface area contributed by atoms with Gasteiger partial charge >= 0.3 is 0 Å². The summed E-state index contributed by atoms with van der Waals surface area (Å²) in [5, 5.41) is 1.18. The fourth-order valence-corrected chi connectivity index (χ4v) is 5.95. The van der Waals surface area contributed by atoms with E-state index in [-0.39, 0.29) is 5.91 Å². The number of carbonyl (C=O) groups is 1. The lowest BCUT2D eigenvalue weighted by molar-refractivity contribution is 0.0376. The van der Waals surface area contributed by atoms with Crippen molar-refractivity contribution in [1.29, 1.82) is 0 Å². The number of benzene rings is 1. The van der Waals surface area contributed by atoms with Crippen LogP contribution in [-0.4, -0.2) is 55.2 Å². The van der Waals surface area contributed by atoms with Gasteiger partial charge in [-0.05, 0) is 24.6 Å². The van der Waals surface area contributed by atoms with Gasteiger partial charge in [-0.15, -0.1) is 11.3 Å². The zero-order chi connectivity index (χ0) is 20.4. The third kappa shape index (κ3) is 4.88. The van der Waals surface area contributed by atoms with Gasteiger partial charge in [-0.1, -0.05) is 52.2 Å². The number of morpholine rings is 1. The molecule has 3 heterocycles. The number of hydrogen-bond acceptors (Lipinski definition) is 6. The first-order chi connectivity index (χ1) is 14.0. The van der Waals surface area contributed by atoms with Crippen LogP contribution in [0.2, 0.25) is 13.7 Å². The van der Waals surface area contributed by atoms with Crippen LogP contribution in [-0.2, 0) is 4.74 Å². The molecule has 2 aromatic heterocycles. The highest BCUT2D eigenvalue weighted by Gasteiger charge is 2.25. The Bertz CT molecular complexity index is 1020. The Morgan fingerprint density at radius 3 is 2.69 bits per heavy atom. The highest BCUT2D eigenvalue weighted by atomic mass is 35.5. The molecule has 0 unspecified atom stereocenters. The van der Waals surface area contributed by atoms with Gasteiger partial charge in [0.15, 0.2) is 5.13 Å². The molecule has 1 aromatic carbocycles. The van der Waals surface area contributed by atoms with Gasteiger partial charge in [0.2, 0.25) is 0 Å². The third-order valence-corrected chi connectivity index (χ3v) is 7.52. The molecule has 0 atom stereocenters. The lowest BCUT2D eigenvalue weighted by atomic mass is 10.2. The molecule has 0 aliphatic carbocycles. The van der Waals surface area contributed by atoms with Crippen LogP contribution < -0.4 is 4.90 Å². The Morgan fingerprint density at radius 1 is 1.21 bits per heavy atom. The number of nitrogens with zero attached hydrogens (tertiary/aromatic N) is 3. The van der Waals surface area contributed by atoms with Crippen LogP contribution in [0.3, 0.4) is 0 Å². The van der Waals surface area contributed by atoms with Crippen molar-refractivity contribution in [2.45, 2.75) is 6.42 Å². The average Bonchev–Trinajstić information content (AvgIpc) is 3.29. The molecule has 1 amide bonds. The van der Waals surface area contributed by atoms with Crippen molar-refractivity contribution in [3.63, 3.8) is 0 Å². The molecule has 1 saturated heterocycles. The zero-order valence-corrected chi connectivity index (χ0v) is 19.3. The first kappa shape index (κ1) is 21.3. The number of hydrogen-bond donors (Lipinski definition) is 0. The predicted octanol–water partition coefficient (Wildman–Crippen LogP) is 5.69. The molecule has 1 aliphatic heterocycles. The molecule has 10 heteroatoms. The van der Waals surface area contributed by atoms with Crippen LogP contribution in [0.15, 0.2) is 24.3 Å². The minimum Gasteiger partial charge on any atom is -0.379 e. The predicted molar refractivity (Wildman–Crippen MR) is 123 cm³/mol. The number of aromatic nitrogens is 1. The Kier molecular flexibility index (Phi) is 6.96. The number of halogens is 3. The molecule has 0 bridgehead atoms. The van der Waals surface area contributed by atoms with E-state index in [0.717, 1.165) is 44.0 Å². The normalized spacial score (nSPS) is 15.1. The van der Waals surface area contributed by atoms with E-state index in [1.54, 1.807) is 17.0 Å². The van der Waals surface area contributed by atoms with Crippen molar-refractivity contribution in [1.82, 2.24) is 9.88 Å². The molecule has 0 N–H and O–H groups in total. The number of thiazole rings is 1. The van der Waals surface area contributed by atoms with Crippen molar-refractivity contribution in [2.75, 3.05) is 44.3 Å². The summed E-state index contributed by atoms with van der Waals surface area (Å²) in [4.78, 5) is 22.0. The van der Waals surface area contributed by atoms with E-state index in [1.165, 1.54) is 22.7 Å². The van der Waals surface area contributed by atoms with Gasteiger partial charge in [0.05, 0.1) is 32.8 Å². The number of amides is 1. The molecule has 154 valence electrons. The van der Waals surface area contributed by atoms with E-state index in [9.17, 15) is 4.79 Å². The van der Waals surface area contributed by atoms with Crippen molar-refractivity contribution in [3.8, 4) is 0 Å². The second-order valence-electron chi connectivity index (χ2n) is 6.59. The first-order valence-electron chi connectivity index (χ1n) is 9.15. The summed E-state index contributed by atoms with van der Waals surface area (Å²) < 4.78 is 7.21. The summed E-state index contributed by atoms with van der Waals surface area (Å²) in [6, 6.07) is 7.25. The largest absolute Gasteiger partial charge is 0.379 e. The van der Waals surface area contributed by atoms with Gasteiger partial charge in [-0.2, -0.15) is 0 Å². The molecule has 1 aliphatic rings. The van der Waals surface area contributed by atoms with Crippen molar-refractivity contribution in [2.24, 2.45) is 0 Å².